The third-order valence-corrected chi connectivity index (χ3v) is 3.67. The van der Waals surface area contributed by atoms with E-state index in [1.54, 1.807) is 19.9 Å². The minimum atomic E-state index is -0.888. The molecular formula is C17H17F3O2. The molecule has 2 aromatic carbocycles. The van der Waals surface area contributed by atoms with Gasteiger partial charge in [0, 0.05) is 11.6 Å². The fourth-order valence-electron chi connectivity index (χ4n) is 2.63. The molecule has 0 aliphatic carbocycles. The number of benzene rings is 2. The van der Waals surface area contributed by atoms with E-state index in [4.69, 9.17) is 9.47 Å². The average molecular weight is 310 g/mol. The van der Waals surface area contributed by atoms with Crippen LogP contribution < -0.4 is 9.47 Å². The molecule has 0 atom stereocenters. The highest BCUT2D eigenvalue weighted by molar-refractivity contribution is 5.81. The Bertz CT molecular complexity index is 676. The molecule has 0 saturated heterocycles. The maximum absolute atomic E-state index is 14.7. The number of aryl methyl sites for hydroxylation is 2. The van der Waals surface area contributed by atoms with E-state index in [0.717, 1.165) is 6.07 Å². The Hall–Kier alpha value is -2.17. The Morgan fingerprint density at radius 2 is 1.32 bits per heavy atom. The predicted molar refractivity (Wildman–Crippen MR) is 79.1 cm³/mol. The van der Waals surface area contributed by atoms with E-state index in [2.05, 4.69) is 0 Å². The molecule has 0 aromatic heterocycles. The second kappa shape index (κ2) is 5.91. The normalized spacial score (nSPS) is 10.7. The zero-order valence-electron chi connectivity index (χ0n) is 13.1. The SMILES string of the molecule is COc1c(F)cc(F)c(C)c1-c1c(F)c(C)cc(C)c1OC. The van der Waals surface area contributed by atoms with Gasteiger partial charge in [-0.05, 0) is 43.5 Å². The molecule has 0 spiro atoms. The first kappa shape index (κ1) is 16.2. The molecule has 0 aliphatic rings. The highest BCUT2D eigenvalue weighted by Gasteiger charge is 2.25. The molecule has 0 unspecified atom stereocenters. The minimum absolute atomic E-state index is 0.00718. The molecule has 5 heteroatoms. The van der Waals surface area contributed by atoms with Gasteiger partial charge < -0.3 is 9.47 Å². The summed E-state index contributed by atoms with van der Waals surface area (Å²) in [5, 5.41) is 0. The third kappa shape index (κ3) is 2.40. The van der Waals surface area contributed by atoms with Crippen LogP contribution in [-0.2, 0) is 0 Å². The van der Waals surface area contributed by atoms with Crippen molar-refractivity contribution in [1.82, 2.24) is 0 Å². The van der Waals surface area contributed by atoms with Crippen molar-refractivity contribution >= 4 is 0 Å². The van der Waals surface area contributed by atoms with Gasteiger partial charge in [-0.1, -0.05) is 0 Å². The fraction of sp³-hybridized carbons (Fsp3) is 0.294. The smallest absolute Gasteiger partial charge is 0.168 e. The lowest BCUT2D eigenvalue weighted by atomic mass is 9.93. The second-order valence-corrected chi connectivity index (χ2v) is 5.11. The molecule has 0 fully saturated rings. The lowest BCUT2D eigenvalue weighted by Crippen LogP contribution is -2.03. The van der Waals surface area contributed by atoms with E-state index in [1.165, 1.54) is 21.1 Å². The summed E-state index contributed by atoms with van der Waals surface area (Å²) in [5.74, 6) is -2.22. The van der Waals surface area contributed by atoms with Crippen LogP contribution in [0.4, 0.5) is 13.2 Å². The Balaban J connectivity index is 3.00. The summed E-state index contributed by atoms with van der Waals surface area (Å²) >= 11 is 0. The summed E-state index contributed by atoms with van der Waals surface area (Å²) in [6.45, 7) is 4.78. The molecule has 0 N–H and O–H groups in total. The lowest BCUT2D eigenvalue weighted by Gasteiger charge is -2.19. The largest absolute Gasteiger partial charge is 0.496 e. The van der Waals surface area contributed by atoms with Gasteiger partial charge in [0.05, 0.1) is 19.8 Å². The van der Waals surface area contributed by atoms with E-state index >= 15 is 0 Å². The molecule has 0 radical (unpaired) electrons. The summed E-state index contributed by atoms with van der Waals surface area (Å²) in [6, 6.07) is 2.35. The van der Waals surface area contributed by atoms with Crippen molar-refractivity contribution in [2.45, 2.75) is 20.8 Å². The molecular weight excluding hydrogens is 293 g/mol. The summed E-state index contributed by atoms with van der Waals surface area (Å²) in [6.07, 6.45) is 0. The Morgan fingerprint density at radius 3 is 1.86 bits per heavy atom. The van der Waals surface area contributed by atoms with E-state index in [0.29, 0.717) is 11.1 Å². The molecule has 0 amide bonds. The molecule has 2 nitrogen and oxygen atoms in total. The van der Waals surface area contributed by atoms with Gasteiger partial charge in [-0.25, -0.2) is 13.2 Å². The molecule has 2 aromatic rings. The van der Waals surface area contributed by atoms with Crippen LogP contribution in [0.3, 0.4) is 0 Å². The molecule has 22 heavy (non-hydrogen) atoms. The van der Waals surface area contributed by atoms with Gasteiger partial charge in [0.2, 0.25) is 0 Å². The van der Waals surface area contributed by atoms with Gasteiger partial charge in [0.15, 0.2) is 11.6 Å². The van der Waals surface area contributed by atoms with Crippen molar-refractivity contribution in [3.05, 3.63) is 46.3 Å². The average Bonchev–Trinajstić information content (AvgIpc) is 2.46. The Labute approximate surface area is 127 Å². The first-order valence-corrected chi connectivity index (χ1v) is 6.70. The maximum Gasteiger partial charge on any atom is 0.168 e. The van der Waals surface area contributed by atoms with Gasteiger partial charge in [0.25, 0.3) is 0 Å². The van der Waals surface area contributed by atoms with Crippen LogP contribution >= 0.6 is 0 Å². The van der Waals surface area contributed by atoms with E-state index in [9.17, 15) is 13.2 Å². The van der Waals surface area contributed by atoms with Gasteiger partial charge in [-0.3, -0.25) is 0 Å². The highest BCUT2D eigenvalue weighted by atomic mass is 19.1. The van der Waals surface area contributed by atoms with Crippen molar-refractivity contribution in [3.63, 3.8) is 0 Å². The topological polar surface area (TPSA) is 18.5 Å². The molecule has 0 bridgehead atoms. The van der Waals surface area contributed by atoms with Crippen molar-refractivity contribution < 1.29 is 22.6 Å². The summed E-state index contributed by atoms with van der Waals surface area (Å²) < 4.78 is 53.0. The van der Waals surface area contributed by atoms with Crippen LogP contribution in [0.5, 0.6) is 11.5 Å². The van der Waals surface area contributed by atoms with Crippen LogP contribution in [0.2, 0.25) is 0 Å². The van der Waals surface area contributed by atoms with E-state index < -0.39 is 17.5 Å². The molecule has 2 rings (SSSR count). The van der Waals surface area contributed by atoms with Crippen LogP contribution in [0.25, 0.3) is 11.1 Å². The monoisotopic (exact) mass is 310 g/mol. The van der Waals surface area contributed by atoms with Crippen molar-refractivity contribution in [2.75, 3.05) is 14.2 Å². The third-order valence-electron chi connectivity index (χ3n) is 3.67. The molecule has 0 heterocycles. The summed E-state index contributed by atoms with van der Waals surface area (Å²) in [4.78, 5) is 0. The number of ether oxygens (including phenoxy) is 2. The number of methoxy groups -OCH3 is 2. The van der Waals surface area contributed by atoms with Crippen molar-refractivity contribution in [3.8, 4) is 22.6 Å². The fourth-order valence-corrected chi connectivity index (χ4v) is 2.63. The highest BCUT2D eigenvalue weighted by Crippen LogP contribution is 2.44. The molecule has 0 saturated carbocycles. The predicted octanol–water partition coefficient (Wildman–Crippen LogP) is 4.71. The minimum Gasteiger partial charge on any atom is -0.496 e. The quantitative estimate of drug-likeness (QED) is 0.817. The van der Waals surface area contributed by atoms with Crippen LogP contribution in [0, 0.1) is 38.2 Å². The number of rotatable bonds is 3. The number of hydrogen-bond acceptors (Lipinski definition) is 2. The molecule has 0 aliphatic heterocycles. The zero-order valence-corrected chi connectivity index (χ0v) is 13.1. The Kier molecular flexibility index (Phi) is 4.35. The van der Waals surface area contributed by atoms with Crippen LogP contribution in [0.15, 0.2) is 12.1 Å². The Morgan fingerprint density at radius 1 is 0.727 bits per heavy atom. The van der Waals surface area contributed by atoms with Gasteiger partial charge in [-0.15, -0.1) is 0 Å². The van der Waals surface area contributed by atoms with Crippen LogP contribution in [-0.4, -0.2) is 14.2 Å². The van der Waals surface area contributed by atoms with Gasteiger partial charge in [0.1, 0.15) is 17.4 Å². The lowest BCUT2D eigenvalue weighted by molar-refractivity contribution is 0.383. The maximum atomic E-state index is 14.7. The first-order valence-electron chi connectivity index (χ1n) is 6.70. The van der Waals surface area contributed by atoms with E-state index in [1.807, 2.05) is 0 Å². The van der Waals surface area contributed by atoms with E-state index in [-0.39, 0.29) is 28.2 Å². The van der Waals surface area contributed by atoms with Gasteiger partial charge >= 0.3 is 0 Å². The standard InChI is InChI=1S/C17H17F3O2/c1-8-6-9(2)16(21-4)14(15(8)20)13-10(3)11(18)7-12(19)17(13)22-5/h6-7H,1-5H3. The number of hydrogen-bond donors (Lipinski definition) is 0. The van der Waals surface area contributed by atoms with Crippen molar-refractivity contribution in [2.24, 2.45) is 0 Å². The molecule has 118 valence electrons. The van der Waals surface area contributed by atoms with Crippen molar-refractivity contribution in [1.29, 1.82) is 0 Å². The first-order chi connectivity index (χ1) is 10.3. The summed E-state index contributed by atoms with van der Waals surface area (Å²) in [5.41, 5.74) is 1.16. The van der Waals surface area contributed by atoms with Crippen LogP contribution in [0.1, 0.15) is 16.7 Å². The second-order valence-electron chi connectivity index (χ2n) is 5.11. The zero-order chi connectivity index (χ0) is 16.6. The summed E-state index contributed by atoms with van der Waals surface area (Å²) in [7, 11) is 2.64. The number of halogens is 3. The van der Waals surface area contributed by atoms with Gasteiger partial charge in [-0.2, -0.15) is 0 Å².